The van der Waals surface area contributed by atoms with Crippen LogP contribution in [0, 0.1) is 0 Å². The van der Waals surface area contributed by atoms with Gasteiger partial charge in [0.05, 0.1) is 10.9 Å². The first-order valence-electron chi connectivity index (χ1n) is 6.85. The molecule has 5 nitrogen and oxygen atoms in total. The van der Waals surface area contributed by atoms with Gasteiger partial charge in [-0.3, -0.25) is 4.79 Å². The minimum Gasteiger partial charge on any atom is -0.504 e. The maximum absolute atomic E-state index is 12.7. The second-order valence-corrected chi connectivity index (χ2v) is 5.40. The Labute approximate surface area is 118 Å². The summed E-state index contributed by atoms with van der Waals surface area (Å²) in [4.78, 5) is 12.7. The Kier molecular flexibility index (Phi) is 1.83. The smallest absolute Gasteiger partial charge is 0.262 e. The fourth-order valence-electron chi connectivity index (χ4n) is 3.47. The minimum absolute atomic E-state index is 0.0661. The Morgan fingerprint density at radius 3 is 3.00 bits per heavy atom. The van der Waals surface area contributed by atoms with Crippen LogP contribution in [0.4, 0.5) is 0 Å². The third-order valence-electron chi connectivity index (χ3n) is 4.38. The van der Waals surface area contributed by atoms with Crippen molar-refractivity contribution < 1.29 is 14.6 Å². The molecule has 2 aliphatic rings. The summed E-state index contributed by atoms with van der Waals surface area (Å²) in [6.45, 7) is 0.717. The van der Waals surface area contributed by atoms with Crippen molar-refractivity contribution >= 4 is 21.7 Å². The topological polar surface area (TPSA) is 60.7 Å². The summed E-state index contributed by atoms with van der Waals surface area (Å²) in [5, 5.41) is 12.4. The molecule has 0 saturated carbocycles. The number of fused-ring (bicyclic) bond motifs is 3. The zero-order valence-electron chi connectivity index (χ0n) is 11.0. The normalized spacial score (nSPS) is 15.2. The summed E-state index contributed by atoms with van der Waals surface area (Å²) in [6, 6.07) is 7.80. The molecule has 0 radical (unpaired) electrons. The van der Waals surface area contributed by atoms with Gasteiger partial charge in [-0.15, -0.1) is 0 Å². The van der Waals surface area contributed by atoms with Crippen LogP contribution in [0.25, 0.3) is 21.7 Å². The van der Waals surface area contributed by atoms with E-state index in [1.807, 2.05) is 18.2 Å². The first-order valence-corrected chi connectivity index (χ1v) is 6.85. The molecule has 0 bridgehead atoms. The fourth-order valence-corrected chi connectivity index (χ4v) is 3.47. The van der Waals surface area contributed by atoms with Gasteiger partial charge in [-0.25, -0.2) is 0 Å². The molecule has 2 aliphatic heterocycles. The molecule has 0 fully saturated rings. The van der Waals surface area contributed by atoms with Gasteiger partial charge in [-0.05, 0) is 18.1 Å². The Hall–Kier alpha value is -2.69. The summed E-state index contributed by atoms with van der Waals surface area (Å²) in [5.74, 6) is 0.636. The number of benzene rings is 2. The van der Waals surface area contributed by atoms with Crippen LogP contribution in [0.15, 0.2) is 29.1 Å². The predicted octanol–water partition coefficient (Wildman–Crippen LogP) is 2.15. The Bertz CT molecular complexity index is 1000. The lowest BCUT2D eigenvalue weighted by atomic mass is 10.0. The zero-order chi connectivity index (χ0) is 14.1. The average Bonchev–Trinajstić information content (AvgIpc) is 3.12. The van der Waals surface area contributed by atoms with Crippen molar-refractivity contribution in [2.75, 3.05) is 6.79 Å². The van der Waals surface area contributed by atoms with E-state index in [9.17, 15) is 9.90 Å². The van der Waals surface area contributed by atoms with Gasteiger partial charge in [-0.1, -0.05) is 18.2 Å². The molecule has 0 atom stereocenters. The van der Waals surface area contributed by atoms with Crippen LogP contribution in [-0.4, -0.2) is 16.5 Å². The molecule has 0 saturated heterocycles. The number of hydrogen-bond donors (Lipinski definition) is 1. The van der Waals surface area contributed by atoms with Crippen molar-refractivity contribution in [2.45, 2.75) is 13.0 Å². The lowest BCUT2D eigenvalue weighted by Crippen LogP contribution is -2.18. The van der Waals surface area contributed by atoms with Crippen molar-refractivity contribution in [3.63, 3.8) is 0 Å². The molecule has 3 aromatic rings. The minimum atomic E-state index is -0.168. The zero-order valence-corrected chi connectivity index (χ0v) is 11.0. The van der Waals surface area contributed by atoms with E-state index in [4.69, 9.17) is 9.47 Å². The Balaban J connectivity index is 2.12. The van der Waals surface area contributed by atoms with Crippen molar-refractivity contribution in [3.05, 3.63) is 40.2 Å². The maximum Gasteiger partial charge on any atom is 0.262 e. The van der Waals surface area contributed by atoms with Gasteiger partial charge in [0.2, 0.25) is 12.5 Å². The lowest BCUT2D eigenvalue weighted by molar-refractivity contribution is 0.171. The van der Waals surface area contributed by atoms with Gasteiger partial charge < -0.3 is 19.1 Å². The second-order valence-electron chi connectivity index (χ2n) is 5.40. The van der Waals surface area contributed by atoms with Crippen molar-refractivity contribution in [1.29, 1.82) is 0 Å². The van der Waals surface area contributed by atoms with E-state index in [-0.39, 0.29) is 23.9 Å². The first-order chi connectivity index (χ1) is 10.3. The molecule has 0 spiro atoms. The van der Waals surface area contributed by atoms with E-state index in [0.29, 0.717) is 17.7 Å². The molecule has 5 rings (SSSR count). The number of para-hydroxylation sites is 1. The van der Waals surface area contributed by atoms with E-state index >= 15 is 0 Å². The highest BCUT2D eigenvalue weighted by Gasteiger charge is 2.26. The fraction of sp³-hybridized carbons (Fsp3) is 0.188. The number of aromatic nitrogens is 1. The number of rotatable bonds is 0. The van der Waals surface area contributed by atoms with Gasteiger partial charge >= 0.3 is 0 Å². The van der Waals surface area contributed by atoms with E-state index < -0.39 is 0 Å². The number of phenols is 1. The third kappa shape index (κ3) is 1.19. The molecule has 5 heteroatoms. The molecule has 0 amide bonds. The van der Waals surface area contributed by atoms with E-state index in [0.717, 1.165) is 22.7 Å². The Morgan fingerprint density at radius 1 is 1.19 bits per heavy atom. The van der Waals surface area contributed by atoms with Crippen molar-refractivity contribution in [1.82, 2.24) is 4.57 Å². The number of aryl methyl sites for hydroxylation is 2. The second kappa shape index (κ2) is 3.49. The molecular formula is C16H11NO4. The van der Waals surface area contributed by atoms with Crippen molar-refractivity contribution in [2.24, 2.45) is 0 Å². The first kappa shape index (κ1) is 11.0. The number of ether oxygens (including phenoxy) is 2. The number of hydrogen-bond acceptors (Lipinski definition) is 4. The number of nitrogens with zero attached hydrogens (tertiary/aromatic N) is 1. The predicted molar refractivity (Wildman–Crippen MR) is 77.2 cm³/mol. The van der Waals surface area contributed by atoms with E-state index in [1.54, 1.807) is 10.6 Å². The van der Waals surface area contributed by atoms with Crippen LogP contribution < -0.4 is 15.0 Å². The van der Waals surface area contributed by atoms with Crippen LogP contribution in [0.1, 0.15) is 5.56 Å². The van der Waals surface area contributed by atoms with E-state index in [2.05, 4.69) is 0 Å². The SMILES string of the molecule is O=c1c2c(O)c3c(cc2c2cccc4c2n1CC4)OCO3. The van der Waals surface area contributed by atoms with Gasteiger partial charge in [0, 0.05) is 17.3 Å². The molecular weight excluding hydrogens is 270 g/mol. The molecule has 3 heterocycles. The lowest BCUT2D eigenvalue weighted by Gasteiger charge is -2.11. The average molecular weight is 281 g/mol. The van der Waals surface area contributed by atoms with Crippen LogP contribution in [-0.2, 0) is 13.0 Å². The van der Waals surface area contributed by atoms with Crippen molar-refractivity contribution in [3.8, 4) is 17.2 Å². The molecule has 2 aromatic carbocycles. The van der Waals surface area contributed by atoms with Crippen LogP contribution in [0.5, 0.6) is 17.2 Å². The third-order valence-corrected chi connectivity index (χ3v) is 4.38. The highest BCUT2D eigenvalue weighted by atomic mass is 16.7. The summed E-state index contributed by atoms with van der Waals surface area (Å²) in [6.07, 6.45) is 0.844. The molecule has 1 N–H and O–H groups in total. The summed E-state index contributed by atoms with van der Waals surface area (Å²) in [5.41, 5.74) is 1.97. The van der Waals surface area contributed by atoms with Gasteiger partial charge in [0.1, 0.15) is 0 Å². The van der Waals surface area contributed by atoms with E-state index in [1.165, 1.54) is 5.56 Å². The van der Waals surface area contributed by atoms with Gasteiger partial charge in [-0.2, -0.15) is 0 Å². The largest absolute Gasteiger partial charge is 0.504 e. The van der Waals surface area contributed by atoms with Gasteiger partial charge in [0.15, 0.2) is 11.5 Å². The molecule has 21 heavy (non-hydrogen) atoms. The van der Waals surface area contributed by atoms with Crippen LogP contribution >= 0.6 is 0 Å². The summed E-state index contributed by atoms with van der Waals surface area (Å²) >= 11 is 0. The Morgan fingerprint density at radius 2 is 2.10 bits per heavy atom. The molecule has 104 valence electrons. The maximum atomic E-state index is 12.7. The molecule has 1 aromatic heterocycles. The summed E-state index contributed by atoms with van der Waals surface area (Å²) < 4.78 is 12.4. The van der Waals surface area contributed by atoms with Crippen LogP contribution in [0.2, 0.25) is 0 Å². The molecule has 0 unspecified atom stereocenters. The number of phenolic OH excluding ortho intramolecular Hbond substituents is 1. The number of pyridine rings is 1. The summed E-state index contributed by atoms with van der Waals surface area (Å²) in [7, 11) is 0. The van der Waals surface area contributed by atoms with Crippen LogP contribution in [0.3, 0.4) is 0 Å². The highest BCUT2D eigenvalue weighted by Crippen LogP contribution is 2.46. The monoisotopic (exact) mass is 281 g/mol. The quantitative estimate of drug-likeness (QED) is 0.641. The number of aromatic hydroxyl groups is 1. The van der Waals surface area contributed by atoms with Gasteiger partial charge in [0.25, 0.3) is 5.56 Å². The highest BCUT2D eigenvalue weighted by molar-refractivity contribution is 6.10. The standard InChI is InChI=1S/C16H11NO4/c18-14-12-10(6-11-15(14)21-7-20-11)9-3-1-2-8-4-5-17(13(8)9)16(12)19/h1-3,6,18H,4-5,7H2. The molecule has 0 aliphatic carbocycles.